The first-order valence-corrected chi connectivity index (χ1v) is 7.83. The van der Waals surface area contributed by atoms with E-state index in [4.69, 9.17) is 9.26 Å². The summed E-state index contributed by atoms with van der Waals surface area (Å²) in [5, 5.41) is 6.80. The average molecular weight is 316 g/mol. The lowest BCUT2D eigenvalue weighted by atomic mass is 10.1. The van der Waals surface area contributed by atoms with Gasteiger partial charge in [-0.25, -0.2) is 0 Å². The Morgan fingerprint density at radius 2 is 2.04 bits per heavy atom. The van der Waals surface area contributed by atoms with Gasteiger partial charge in [0.15, 0.2) is 0 Å². The molecule has 1 amide bonds. The van der Waals surface area contributed by atoms with Crippen LogP contribution in [0.15, 0.2) is 28.8 Å². The Kier molecular flexibility index (Phi) is 5.93. The van der Waals surface area contributed by atoms with Crippen LogP contribution in [0.2, 0.25) is 0 Å². The van der Waals surface area contributed by atoms with Gasteiger partial charge in [0.1, 0.15) is 5.76 Å². The van der Waals surface area contributed by atoms with Gasteiger partial charge in [-0.1, -0.05) is 29.4 Å². The average Bonchev–Trinajstić information content (AvgIpc) is 2.83. The molecule has 0 aliphatic rings. The molecule has 1 heterocycles. The normalized spacial score (nSPS) is 11.0. The largest absolute Gasteiger partial charge is 0.374 e. The van der Waals surface area contributed by atoms with Gasteiger partial charge in [-0.05, 0) is 38.8 Å². The third-order valence-electron chi connectivity index (χ3n) is 3.58. The van der Waals surface area contributed by atoms with Crippen molar-refractivity contribution in [1.29, 1.82) is 0 Å². The highest BCUT2D eigenvalue weighted by atomic mass is 16.5. The second-order valence-corrected chi connectivity index (χ2v) is 5.94. The molecule has 23 heavy (non-hydrogen) atoms. The number of nitrogens with one attached hydrogen (secondary N) is 1. The standard InChI is InChI=1S/C18H24N2O3/c1-12(2)22-11-16-7-5-6-15(8-16)10-19-18(21)9-17-13(3)20-23-14(17)4/h5-8,12H,9-11H2,1-4H3,(H,19,21). The Balaban J connectivity index is 1.88. The number of hydrogen-bond donors (Lipinski definition) is 1. The van der Waals surface area contributed by atoms with Gasteiger partial charge < -0.3 is 14.6 Å². The van der Waals surface area contributed by atoms with Crippen LogP contribution in [0.4, 0.5) is 0 Å². The van der Waals surface area contributed by atoms with Gasteiger partial charge in [-0.15, -0.1) is 0 Å². The van der Waals surface area contributed by atoms with Gasteiger partial charge in [0.05, 0.1) is 24.8 Å². The minimum Gasteiger partial charge on any atom is -0.374 e. The lowest BCUT2D eigenvalue weighted by molar-refractivity contribution is -0.120. The summed E-state index contributed by atoms with van der Waals surface area (Å²) >= 11 is 0. The van der Waals surface area contributed by atoms with Gasteiger partial charge in [0, 0.05) is 12.1 Å². The van der Waals surface area contributed by atoms with E-state index in [0.717, 1.165) is 22.4 Å². The maximum atomic E-state index is 12.1. The summed E-state index contributed by atoms with van der Waals surface area (Å²) < 4.78 is 10.7. The first-order valence-electron chi connectivity index (χ1n) is 7.83. The molecule has 0 radical (unpaired) electrons. The van der Waals surface area contributed by atoms with Gasteiger partial charge in [0.25, 0.3) is 0 Å². The Labute approximate surface area is 137 Å². The smallest absolute Gasteiger partial charge is 0.224 e. The number of amides is 1. The zero-order valence-electron chi connectivity index (χ0n) is 14.2. The molecule has 1 N–H and O–H groups in total. The summed E-state index contributed by atoms with van der Waals surface area (Å²) in [5.41, 5.74) is 3.80. The second kappa shape index (κ2) is 7.92. The van der Waals surface area contributed by atoms with Crippen LogP contribution in [0, 0.1) is 13.8 Å². The van der Waals surface area contributed by atoms with Crippen molar-refractivity contribution in [3.63, 3.8) is 0 Å². The van der Waals surface area contributed by atoms with E-state index in [1.54, 1.807) is 0 Å². The highest BCUT2D eigenvalue weighted by Gasteiger charge is 2.13. The lowest BCUT2D eigenvalue weighted by Gasteiger charge is -2.10. The number of rotatable bonds is 7. The summed E-state index contributed by atoms with van der Waals surface area (Å²) in [6.45, 7) is 8.77. The van der Waals surface area contributed by atoms with Gasteiger partial charge in [0.2, 0.25) is 5.91 Å². The molecule has 0 fully saturated rings. The molecule has 5 nitrogen and oxygen atoms in total. The van der Waals surface area contributed by atoms with Gasteiger partial charge in [-0.3, -0.25) is 4.79 Å². The number of hydrogen-bond acceptors (Lipinski definition) is 4. The molecule has 2 aromatic rings. The highest BCUT2D eigenvalue weighted by molar-refractivity contribution is 5.79. The van der Waals surface area contributed by atoms with E-state index >= 15 is 0 Å². The van der Waals surface area contributed by atoms with Crippen LogP contribution in [-0.4, -0.2) is 17.2 Å². The van der Waals surface area contributed by atoms with Crippen molar-refractivity contribution >= 4 is 5.91 Å². The van der Waals surface area contributed by atoms with Crippen molar-refractivity contribution in [1.82, 2.24) is 10.5 Å². The Bertz CT molecular complexity index is 643. The second-order valence-electron chi connectivity index (χ2n) is 5.94. The first-order chi connectivity index (χ1) is 11.0. The van der Waals surface area contributed by atoms with Crippen LogP contribution in [0.1, 0.15) is 42.0 Å². The van der Waals surface area contributed by atoms with E-state index in [-0.39, 0.29) is 18.4 Å². The van der Waals surface area contributed by atoms with Crippen molar-refractivity contribution in [2.75, 3.05) is 0 Å². The molecule has 0 aliphatic heterocycles. The molecule has 124 valence electrons. The molecule has 0 spiro atoms. The minimum atomic E-state index is -0.0387. The Hall–Kier alpha value is -2.14. The van der Waals surface area contributed by atoms with Crippen LogP contribution in [0.3, 0.4) is 0 Å². The molecule has 1 aromatic carbocycles. The fourth-order valence-electron chi connectivity index (χ4n) is 2.27. The van der Waals surface area contributed by atoms with E-state index in [0.29, 0.717) is 18.9 Å². The summed E-state index contributed by atoms with van der Waals surface area (Å²) in [4.78, 5) is 12.1. The molecule has 0 bridgehead atoms. The van der Waals surface area contributed by atoms with Crippen molar-refractivity contribution in [2.45, 2.75) is 53.4 Å². The summed E-state index contributed by atoms with van der Waals surface area (Å²) in [5.74, 6) is 0.661. The number of ether oxygens (including phenoxy) is 1. The Morgan fingerprint density at radius 1 is 1.30 bits per heavy atom. The fraction of sp³-hybridized carbons (Fsp3) is 0.444. The minimum absolute atomic E-state index is 0.0387. The topological polar surface area (TPSA) is 64.4 Å². The molecular formula is C18H24N2O3. The number of benzene rings is 1. The predicted molar refractivity (Wildman–Crippen MR) is 87.9 cm³/mol. The maximum Gasteiger partial charge on any atom is 0.224 e. The molecule has 0 aliphatic carbocycles. The molecule has 2 rings (SSSR count). The van der Waals surface area contributed by atoms with Crippen molar-refractivity contribution in [2.24, 2.45) is 0 Å². The van der Waals surface area contributed by atoms with E-state index in [9.17, 15) is 4.79 Å². The number of carbonyl (C=O) groups is 1. The fourth-order valence-corrected chi connectivity index (χ4v) is 2.27. The van der Waals surface area contributed by atoms with Crippen LogP contribution in [-0.2, 0) is 29.1 Å². The number of aromatic nitrogens is 1. The maximum absolute atomic E-state index is 12.1. The zero-order valence-corrected chi connectivity index (χ0v) is 14.2. The SMILES string of the molecule is Cc1noc(C)c1CC(=O)NCc1cccc(COC(C)C)c1. The summed E-state index contributed by atoms with van der Waals surface area (Å²) in [6, 6.07) is 8.06. The quantitative estimate of drug-likeness (QED) is 0.852. The van der Waals surface area contributed by atoms with Gasteiger partial charge in [-0.2, -0.15) is 0 Å². The monoisotopic (exact) mass is 316 g/mol. The third-order valence-corrected chi connectivity index (χ3v) is 3.58. The highest BCUT2D eigenvalue weighted by Crippen LogP contribution is 2.13. The number of carbonyl (C=O) groups excluding carboxylic acids is 1. The lowest BCUT2D eigenvalue weighted by Crippen LogP contribution is -2.25. The molecule has 0 unspecified atom stereocenters. The van der Waals surface area contributed by atoms with E-state index < -0.39 is 0 Å². The molecule has 0 atom stereocenters. The van der Waals surface area contributed by atoms with Crippen LogP contribution < -0.4 is 5.32 Å². The van der Waals surface area contributed by atoms with Crippen molar-refractivity contribution in [3.8, 4) is 0 Å². The predicted octanol–water partition coefficient (Wildman–Crippen LogP) is 3.08. The van der Waals surface area contributed by atoms with Crippen LogP contribution in [0.25, 0.3) is 0 Å². The summed E-state index contributed by atoms with van der Waals surface area (Å²) in [6.07, 6.45) is 0.491. The van der Waals surface area contributed by atoms with E-state index in [1.807, 2.05) is 45.9 Å². The van der Waals surface area contributed by atoms with E-state index in [2.05, 4.69) is 16.5 Å². The van der Waals surface area contributed by atoms with Crippen LogP contribution in [0.5, 0.6) is 0 Å². The number of nitrogens with zero attached hydrogens (tertiary/aromatic N) is 1. The molecule has 1 aromatic heterocycles. The molecule has 0 saturated carbocycles. The molecule has 5 heteroatoms. The summed E-state index contributed by atoms with van der Waals surface area (Å²) in [7, 11) is 0. The van der Waals surface area contributed by atoms with Crippen LogP contribution >= 0.6 is 0 Å². The number of aryl methyl sites for hydroxylation is 2. The van der Waals surface area contributed by atoms with Gasteiger partial charge >= 0.3 is 0 Å². The molecule has 0 saturated heterocycles. The zero-order chi connectivity index (χ0) is 16.8. The van der Waals surface area contributed by atoms with E-state index in [1.165, 1.54) is 0 Å². The van der Waals surface area contributed by atoms with Crippen molar-refractivity contribution in [3.05, 3.63) is 52.4 Å². The Morgan fingerprint density at radius 3 is 2.70 bits per heavy atom. The van der Waals surface area contributed by atoms with Crippen molar-refractivity contribution < 1.29 is 14.1 Å². The third kappa shape index (κ3) is 5.21. The first kappa shape index (κ1) is 17.2. The molecular weight excluding hydrogens is 292 g/mol.